The van der Waals surface area contributed by atoms with Crippen LogP contribution in [-0.4, -0.2) is 33.3 Å². The lowest BCUT2D eigenvalue weighted by atomic mass is 10.0. The quantitative estimate of drug-likeness (QED) is 0.791. The van der Waals surface area contributed by atoms with E-state index in [0.717, 1.165) is 25.4 Å². The standard InChI is InChI=1S/C22H24N2O/c1-25-21-11-9-20(10-12-21)24-15-13-23(14-16-24)17-19-7-4-6-18-5-2-3-8-22(18)19/h2-12H,13-17H2,1H3/p+1. The number of methoxy groups -OCH3 is 1. The van der Waals surface area contributed by atoms with Crippen molar-refractivity contribution < 1.29 is 9.64 Å². The predicted molar refractivity (Wildman–Crippen MR) is 104 cm³/mol. The molecule has 0 saturated carbocycles. The van der Waals surface area contributed by atoms with E-state index in [2.05, 4.69) is 59.5 Å². The van der Waals surface area contributed by atoms with Crippen LogP contribution >= 0.6 is 0 Å². The first-order valence-electron chi connectivity index (χ1n) is 9.03. The third kappa shape index (κ3) is 3.47. The summed E-state index contributed by atoms with van der Waals surface area (Å²) < 4.78 is 5.25. The third-order valence-corrected chi connectivity index (χ3v) is 5.23. The van der Waals surface area contributed by atoms with E-state index in [1.807, 2.05) is 12.1 Å². The Morgan fingerprint density at radius 1 is 0.880 bits per heavy atom. The zero-order valence-corrected chi connectivity index (χ0v) is 14.7. The number of nitrogens with zero attached hydrogens (tertiary/aromatic N) is 1. The molecule has 1 aliphatic rings. The summed E-state index contributed by atoms with van der Waals surface area (Å²) in [4.78, 5) is 4.15. The molecule has 1 aliphatic heterocycles. The van der Waals surface area contributed by atoms with Crippen LogP contribution in [0.4, 0.5) is 5.69 Å². The summed E-state index contributed by atoms with van der Waals surface area (Å²) in [5.74, 6) is 0.920. The van der Waals surface area contributed by atoms with Crippen molar-refractivity contribution in [3.63, 3.8) is 0 Å². The number of fused-ring (bicyclic) bond motifs is 1. The molecular weight excluding hydrogens is 308 g/mol. The van der Waals surface area contributed by atoms with Gasteiger partial charge in [0.2, 0.25) is 0 Å². The number of ether oxygens (including phenoxy) is 1. The van der Waals surface area contributed by atoms with Crippen LogP contribution in [0, 0.1) is 0 Å². The van der Waals surface area contributed by atoms with Gasteiger partial charge in [-0.3, -0.25) is 0 Å². The van der Waals surface area contributed by atoms with Gasteiger partial charge in [0, 0.05) is 11.3 Å². The minimum absolute atomic E-state index is 0.920. The highest BCUT2D eigenvalue weighted by molar-refractivity contribution is 5.85. The molecule has 128 valence electrons. The van der Waals surface area contributed by atoms with E-state index in [0.29, 0.717) is 0 Å². The number of hydrogen-bond donors (Lipinski definition) is 1. The fraction of sp³-hybridized carbons (Fsp3) is 0.273. The number of benzene rings is 3. The second-order valence-electron chi connectivity index (χ2n) is 6.75. The average molecular weight is 333 g/mol. The maximum Gasteiger partial charge on any atom is 0.119 e. The van der Waals surface area contributed by atoms with Crippen molar-refractivity contribution in [2.45, 2.75) is 6.54 Å². The van der Waals surface area contributed by atoms with Crippen LogP contribution in [0.1, 0.15) is 5.56 Å². The summed E-state index contributed by atoms with van der Waals surface area (Å²) in [6.07, 6.45) is 0. The van der Waals surface area contributed by atoms with Crippen LogP contribution in [0.3, 0.4) is 0 Å². The first kappa shape index (κ1) is 16.0. The summed E-state index contributed by atoms with van der Waals surface area (Å²) >= 11 is 0. The van der Waals surface area contributed by atoms with Crippen LogP contribution in [-0.2, 0) is 6.54 Å². The van der Waals surface area contributed by atoms with E-state index in [9.17, 15) is 0 Å². The minimum Gasteiger partial charge on any atom is -0.497 e. The van der Waals surface area contributed by atoms with E-state index in [4.69, 9.17) is 4.74 Å². The smallest absolute Gasteiger partial charge is 0.119 e. The van der Waals surface area contributed by atoms with Gasteiger partial charge >= 0.3 is 0 Å². The number of hydrogen-bond acceptors (Lipinski definition) is 2. The Morgan fingerprint density at radius 2 is 1.60 bits per heavy atom. The molecule has 25 heavy (non-hydrogen) atoms. The minimum atomic E-state index is 0.920. The van der Waals surface area contributed by atoms with Crippen molar-refractivity contribution in [2.24, 2.45) is 0 Å². The lowest BCUT2D eigenvalue weighted by molar-refractivity contribution is -0.914. The van der Waals surface area contributed by atoms with Gasteiger partial charge in [0.25, 0.3) is 0 Å². The lowest BCUT2D eigenvalue weighted by Crippen LogP contribution is -3.13. The largest absolute Gasteiger partial charge is 0.497 e. The Bertz CT molecular complexity index is 831. The summed E-state index contributed by atoms with van der Waals surface area (Å²) in [7, 11) is 1.71. The molecular formula is C22H25N2O+. The molecule has 0 bridgehead atoms. The number of quaternary nitrogens is 1. The van der Waals surface area contributed by atoms with Gasteiger partial charge in [-0.15, -0.1) is 0 Å². The van der Waals surface area contributed by atoms with Crippen LogP contribution in [0.5, 0.6) is 5.75 Å². The van der Waals surface area contributed by atoms with E-state index in [-0.39, 0.29) is 0 Å². The lowest BCUT2D eigenvalue weighted by Gasteiger charge is -2.34. The van der Waals surface area contributed by atoms with Crippen LogP contribution in [0.2, 0.25) is 0 Å². The van der Waals surface area contributed by atoms with Gasteiger partial charge in [-0.1, -0.05) is 42.5 Å². The average Bonchev–Trinajstić information content (AvgIpc) is 2.69. The first-order valence-corrected chi connectivity index (χ1v) is 9.03. The highest BCUT2D eigenvalue weighted by Gasteiger charge is 2.21. The van der Waals surface area contributed by atoms with Gasteiger partial charge < -0.3 is 14.5 Å². The second kappa shape index (κ2) is 7.16. The molecule has 1 fully saturated rings. The summed E-state index contributed by atoms with van der Waals surface area (Å²) in [6.45, 7) is 5.67. The number of rotatable bonds is 4. The molecule has 0 unspecified atom stereocenters. The molecule has 4 rings (SSSR count). The van der Waals surface area contributed by atoms with Gasteiger partial charge in [-0.25, -0.2) is 0 Å². The molecule has 0 aliphatic carbocycles. The van der Waals surface area contributed by atoms with Gasteiger partial charge in [-0.2, -0.15) is 0 Å². The maximum atomic E-state index is 5.25. The van der Waals surface area contributed by atoms with Crippen molar-refractivity contribution in [3.05, 3.63) is 72.3 Å². The van der Waals surface area contributed by atoms with Gasteiger partial charge in [0.15, 0.2) is 0 Å². The van der Waals surface area contributed by atoms with E-state index in [1.165, 1.54) is 35.1 Å². The first-order chi connectivity index (χ1) is 12.3. The molecule has 0 amide bonds. The molecule has 0 radical (unpaired) electrons. The van der Waals surface area contributed by atoms with E-state index >= 15 is 0 Å². The van der Waals surface area contributed by atoms with Crippen LogP contribution in [0.15, 0.2) is 66.7 Å². The Hall–Kier alpha value is -2.52. The Labute approximate surface area is 149 Å². The third-order valence-electron chi connectivity index (χ3n) is 5.23. The molecule has 0 spiro atoms. The van der Waals surface area contributed by atoms with E-state index in [1.54, 1.807) is 12.0 Å². The SMILES string of the molecule is COc1ccc(N2CC[NH+](Cc3cccc4ccccc34)CC2)cc1. The molecule has 3 nitrogen and oxygen atoms in total. The van der Waals surface area contributed by atoms with Crippen molar-refractivity contribution in [1.29, 1.82) is 0 Å². The predicted octanol–water partition coefficient (Wildman–Crippen LogP) is 2.75. The van der Waals surface area contributed by atoms with Crippen molar-refractivity contribution in [2.75, 3.05) is 38.2 Å². The fourth-order valence-electron chi connectivity index (χ4n) is 3.77. The Morgan fingerprint density at radius 3 is 2.36 bits per heavy atom. The molecule has 3 aromatic rings. The van der Waals surface area contributed by atoms with Gasteiger partial charge in [0.05, 0.1) is 33.3 Å². The normalized spacial score (nSPS) is 15.5. The number of anilines is 1. The maximum absolute atomic E-state index is 5.25. The highest BCUT2D eigenvalue weighted by Crippen LogP contribution is 2.20. The number of piperazine rings is 1. The molecule has 1 N–H and O–H groups in total. The molecule has 0 atom stereocenters. The topological polar surface area (TPSA) is 16.9 Å². The van der Waals surface area contributed by atoms with Crippen molar-refractivity contribution in [3.8, 4) is 5.75 Å². The number of nitrogens with one attached hydrogen (secondary N) is 1. The molecule has 1 heterocycles. The molecule has 0 aromatic heterocycles. The van der Waals surface area contributed by atoms with E-state index < -0.39 is 0 Å². The van der Waals surface area contributed by atoms with Crippen molar-refractivity contribution in [1.82, 2.24) is 0 Å². The summed E-state index contributed by atoms with van der Waals surface area (Å²) in [5.41, 5.74) is 2.76. The second-order valence-corrected chi connectivity index (χ2v) is 6.75. The molecule has 3 heteroatoms. The van der Waals surface area contributed by atoms with Crippen LogP contribution in [0.25, 0.3) is 10.8 Å². The van der Waals surface area contributed by atoms with Crippen LogP contribution < -0.4 is 14.5 Å². The zero-order valence-electron chi connectivity index (χ0n) is 14.7. The summed E-state index contributed by atoms with van der Waals surface area (Å²) in [6, 6.07) is 23.8. The summed E-state index contributed by atoms with van der Waals surface area (Å²) in [5, 5.41) is 2.74. The Kier molecular flexibility index (Phi) is 4.57. The fourth-order valence-corrected chi connectivity index (χ4v) is 3.77. The Balaban J connectivity index is 1.41. The monoisotopic (exact) mass is 333 g/mol. The van der Waals surface area contributed by atoms with Gasteiger partial charge in [0.1, 0.15) is 12.3 Å². The van der Waals surface area contributed by atoms with Gasteiger partial charge in [-0.05, 0) is 35.0 Å². The van der Waals surface area contributed by atoms with Crippen molar-refractivity contribution >= 4 is 16.5 Å². The molecule has 1 saturated heterocycles. The molecule has 3 aromatic carbocycles. The zero-order chi connectivity index (χ0) is 17.1. The highest BCUT2D eigenvalue weighted by atomic mass is 16.5.